The van der Waals surface area contributed by atoms with Gasteiger partial charge in [0.2, 0.25) is 0 Å². The molecule has 0 amide bonds. The first-order chi connectivity index (χ1) is 7.67. The van der Waals surface area contributed by atoms with Crippen molar-refractivity contribution in [1.82, 2.24) is 0 Å². The summed E-state index contributed by atoms with van der Waals surface area (Å²) in [7, 11) is 0. The van der Waals surface area contributed by atoms with Crippen LogP contribution in [0.2, 0.25) is 0 Å². The second-order valence-corrected chi connectivity index (χ2v) is 4.12. The molecule has 0 radical (unpaired) electrons. The fraction of sp³-hybridized carbons (Fsp3) is 0.500. The summed E-state index contributed by atoms with van der Waals surface area (Å²) in [6, 6.07) is 7.07. The minimum atomic E-state index is -5.55. The minimum absolute atomic E-state index is 0.00942. The van der Waals surface area contributed by atoms with Crippen LogP contribution in [0.1, 0.15) is 25.8 Å². The van der Waals surface area contributed by atoms with Crippen LogP contribution in [0.4, 0.5) is 22.0 Å². The van der Waals surface area contributed by atoms with Crippen molar-refractivity contribution in [2.45, 2.75) is 37.8 Å². The van der Waals surface area contributed by atoms with Gasteiger partial charge in [-0.1, -0.05) is 37.3 Å². The molecule has 0 saturated heterocycles. The van der Waals surface area contributed by atoms with Crippen molar-refractivity contribution in [2.24, 2.45) is 0 Å². The molecule has 0 N–H and O–H groups in total. The highest BCUT2D eigenvalue weighted by Crippen LogP contribution is 2.51. The molecule has 0 heterocycles. The van der Waals surface area contributed by atoms with Crippen LogP contribution in [0.5, 0.6) is 0 Å². The molecular weight excluding hydrogens is 239 g/mol. The van der Waals surface area contributed by atoms with Gasteiger partial charge in [-0.25, -0.2) is 0 Å². The summed E-state index contributed by atoms with van der Waals surface area (Å²) in [6.07, 6.45) is -5.85. The minimum Gasteiger partial charge on any atom is -0.195 e. The molecule has 0 fully saturated rings. The van der Waals surface area contributed by atoms with Crippen molar-refractivity contribution >= 4 is 0 Å². The normalized spacial score (nSPS) is 16.6. The molecule has 5 heteroatoms. The zero-order valence-corrected chi connectivity index (χ0v) is 9.48. The Hall–Kier alpha value is -1.13. The highest BCUT2D eigenvalue weighted by molar-refractivity contribution is 5.28. The Kier molecular flexibility index (Phi) is 3.50. The summed E-state index contributed by atoms with van der Waals surface area (Å²) in [5.74, 6) is -4.75. The van der Waals surface area contributed by atoms with E-state index in [1.165, 1.54) is 31.2 Å². The molecule has 1 aromatic rings. The molecule has 0 nitrogen and oxygen atoms in total. The van der Waals surface area contributed by atoms with Gasteiger partial charge >= 0.3 is 12.1 Å². The molecule has 0 aliphatic heterocycles. The van der Waals surface area contributed by atoms with Crippen molar-refractivity contribution in [3.8, 4) is 0 Å². The number of alkyl halides is 5. The van der Waals surface area contributed by atoms with Crippen molar-refractivity contribution in [3.05, 3.63) is 35.9 Å². The Morgan fingerprint density at radius 3 is 1.76 bits per heavy atom. The summed E-state index contributed by atoms with van der Waals surface area (Å²) in [6.45, 7) is 2.27. The van der Waals surface area contributed by atoms with E-state index in [2.05, 4.69) is 0 Å². The van der Waals surface area contributed by atoms with Crippen molar-refractivity contribution in [2.75, 3.05) is 0 Å². The Balaban J connectivity index is 3.31. The lowest BCUT2D eigenvalue weighted by atomic mass is 9.74. The molecule has 1 unspecified atom stereocenters. The molecule has 0 aromatic heterocycles. The van der Waals surface area contributed by atoms with E-state index in [1.807, 2.05) is 0 Å². The zero-order chi connectivity index (χ0) is 13.3. The molecule has 0 aliphatic rings. The van der Waals surface area contributed by atoms with E-state index in [0.29, 0.717) is 0 Å². The van der Waals surface area contributed by atoms with E-state index in [0.717, 1.165) is 6.92 Å². The van der Waals surface area contributed by atoms with Crippen LogP contribution in [0.3, 0.4) is 0 Å². The SMILES string of the molecule is CCC(C)(c1ccccc1)C(F)(F)C(F)(F)F. The van der Waals surface area contributed by atoms with E-state index in [4.69, 9.17) is 0 Å². The Morgan fingerprint density at radius 2 is 1.41 bits per heavy atom. The third-order valence-corrected chi connectivity index (χ3v) is 3.17. The topological polar surface area (TPSA) is 0 Å². The average molecular weight is 252 g/mol. The number of rotatable bonds is 3. The molecule has 0 bridgehead atoms. The first-order valence-corrected chi connectivity index (χ1v) is 5.17. The quantitative estimate of drug-likeness (QED) is 0.692. The lowest BCUT2D eigenvalue weighted by Crippen LogP contribution is -2.52. The van der Waals surface area contributed by atoms with Crippen LogP contribution in [0.25, 0.3) is 0 Å². The Bertz CT molecular complexity index is 368. The lowest BCUT2D eigenvalue weighted by Gasteiger charge is -2.38. The Labute approximate surface area is 96.4 Å². The molecular formula is C12H13F5. The van der Waals surface area contributed by atoms with Gasteiger partial charge in [0, 0.05) is 0 Å². The van der Waals surface area contributed by atoms with Gasteiger partial charge in [0.15, 0.2) is 0 Å². The summed E-state index contributed by atoms with van der Waals surface area (Å²) >= 11 is 0. The zero-order valence-electron chi connectivity index (χ0n) is 9.48. The third kappa shape index (κ3) is 2.15. The highest BCUT2D eigenvalue weighted by atomic mass is 19.4. The van der Waals surface area contributed by atoms with Crippen LogP contribution < -0.4 is 0 Å². The monoisotopic (exact) mass is 252 g/mol. The van der Waals surface area contributed by atoms with Crippen molar-refractivity contribution in [3.63, 3.8) is 0 Å². The molecule has 0 spiro atoms. The van der Waals surface area contributed by atoms with Crippen LogP contribution >= 0.6 is 0 Å². The van der Waals surface area contributed by atoms with Crippen LogP contribution in [0, 0.1) is 0 Å². The van der Waals surface area contributed by atoms with Crippen LogP contribution in [-0.4, -0.2) is 12.1 Å². The van der Waals surface area contributed by atoms with Gasteiger partial charge in [0.05, 0.1) is 5.41 Å². The summed E-state index contributed by atoms with van der Waals surface area (Å²) in [5, 5.41) is 0. The van der Waals surface area contributed by atoms with E-state index in [9.17, 15) is 22.0 Å². The number of benzene rings is 1. The molecule has 1 aromatic carbocycles. The first kappa shape index (κ1) is 13.9. The van der Waals surface area contributed by atoms with Crippen molar-refractivity contribution < 1.29 is 22.0 Å². The average Bonchev–Trinajstić information content (AvgIpc) is 2.27. The fourth-order valence-electron chi connectivity index (χ4n) is 1.73. The summed E-state index contributed by atoms with van der Waals surface area (Å²) in [4.78, 5) is 0. The maximum absolute atomic E-state index is 13.5. The summed E-state index contributed by atoms with van der Waals surface area (Å²) < 4.78 is 64.4. The van der Waals surface area contributed by atoms with E-state index in [-0.39, 0.29) is 12.0 Å². The van der Waals surface area contributed by atoms with Gasteiger partial charge in [-0.05, 0) is 18.9 Å². The smallest absolute Gasteiger partial charge is 0.195 e. The van der Waals surface area contributed by atoms with E-state index < -0.39 is 17.5 Å². The molecule has 1 atom stereocenters. The second-order valence-electron chi connectivity index (χ2n) is 4.12. The predicted molar refractivity (Wildman–Crippen MR) is 55.1 cm³/mol. The highest BCUT2D eigenvalue weighted by Gasteiger charge is 2.67. The number of hydrogen-bond donors (Lipinski definition) is 0. The largest absolute Gasteiger partial charge is 0.454 e. The maximum atomic E-state index is 13.5. The van der Waals surface area contributed by atoms with Crippen LogP contribution in [-0.2, 0) is 5.41 Å². The number of hydrogen-bond acceptors (Lipinski definition) is 0. The molecule has 0 aliphatic carbocycles. The fourth-order valence-corrected chi connectivity index (χ4v) is 1.73. The Morgan fingerprint density at radius 1 is 0.941 bits per heavy atom. The van der Waals surface area contributed by atoms with E-state index in [1.54, 1.807) is 6.07 Å². The molecule has 96 valence electrons. The van der Waals surface area contributed by atoms with Crippen LogP contribution in [0.15, 0.2) is 30.3 Å². The van der Waals surface area contributed by atoms with E-state index >= 15 is 0 Å². The van der Waals surface area contributed by atoms with Gasteiger partial charge in [-0.2, -0.15) is 22.0 Å². The molecule has 17 heavy (non-hydrogen) atoms. The van der Waals surface area contributed by atoms with Gasteiger partial charge in [-0.3, -0.25) is 0 Å². The predicted octanol–water partition coefficient (Wildman–Crippen LogP) is 4.55. The lowest BCUT2D eigenvalue weighted by molar-refractivity contribution is -0.308. The molecule has 1 rings (SSSR count). The third-order valence-electron chi connectivity index (χ3n) is 3.17. The molecule has 0 saturated carbocycles. The first-order valence-electron chi connectivity index (χ1n) is 5.17. The van der Waals surface area contributed by atoms with Gasteiger partial charge in [0.25, 0.3) is 0 Å². The maximum Gasteiger partial charge on any atom is 0.454 e. The second kappa shape index (κ2) is 4.27. The van der Waals surface area contributed by atoms with Gasteiger partial charge < -0.3 is 0 Å². The number of halogens is 5. The van der Waals surface area contributed by atoms with Gasteiger partial charge in [-0.15, -0.1) is 0 Å². The van der Waals surface area contributed by atoms with Gasteiger partial charge in [0.1, 0.15) is 0 Å². The standard InChI is InChI=1S/C12H13F5/c1-3-10(2,9-7-5-4-6-8-9)11(13,14)12(15,16)17/h4-8H,3H2,1-2H3. The summed E-state index contributed by atoms with van der Waals surface area (Å²) in [5.41, 5.74) is -2.25. The van der Waals surface area contributed by atoms with Crippen molar-refractivity contribution in [1.29, 1.82) is 0 Å².